The number of ether oxygens (including phenoxy) is 1. The Kier molecular flexibility index (Phi) is 7.40. The fourth-order valence-corrected chi connectivity index (χ4v) is 3.34. The van der Waals surface area contributed by atoms with Crippen molar-refractivity contribution >= 4 is 0 Å². The molecule has 0 bridgehead atoms. The second kappa shape index (κ2) is 10.4. The lowest BCUT2D eigenvalue weighted by atomic mass is 9.94. The van der Waals surface area contributed by atoms with Crippen molar-refractivity contribution in [3.8, 4) is 22.3 Å². The Balaban J connectivity index is 1.76. The summed E-state index contributed by atoms with van der Waals surface area (Å²) in [6, 6.07) is 25.9. The number of allylic oxidation sites excluding steroid dienone is 2. The smallest absolute Gasteiger partial charge is 0.0716 e. The lowest BCUT2D eigenvalue weighted by molar-refractivity contribution is 0.119. The predicted octanol–water partition coefficient (Wildman–Crippen LogP) is 7.23. The molecular weight excluding hydrogens is 340 g/mol. The van der Waals surface area contributed by atoms with Crippen molar-refractivity contribution in [2.24, 2.45) is 0 Å². The van der Waals surface area contributed by atoms with Gasteiger partial charge in [-0.25, -0.2) is 0 Å². The highest BCUT2D eigenvalue weighted by atomic mass is 16.5. The van der Waals surface area contributed by atoms with E-state index in [9.17, 15) is 0 Å². The molecule has 0 saturated carbocycles. The fraction of sp³-hybridized carbons (Fsp3) is 0.185. The molecule has 3 rings (SSSR count). The molecule has 3 aromatic carbocycles. The molecule has 0 heterocycles. The zero-order valence-electron chi connectivity index (χ0n) is 16.4. The summed E-state index contributed by atoms with van der Waals surface area (Å²) in [7, 11) is 0. The minimum Gasteiger partial charge on any atom is -0.377 e. The van der Waals surface area contributed by atoms with Gasteiger partial charge in [0.1, 0.15) is 0 Å². The third-order valence-electron chi connectivity index (χ3n) is 4.80. The Morgan fingerprint density at radius 1 is 0.750 bits per heavy atom. The van der Waals surface area contributed by atoms with Crippen molar-refractivity contribution in [1.29, 1.82) is 0 Å². The highest BCUT2D eigenvalue weighted by molar-refractivity contribution is 5.72. The molecule has 0 aliphatic rings. The minimum atomic E-state index is 0.647. The zero-order valence-corrected chi connectivity index (χ0v) is 16.4. The Morgan fingerprint density at radius 3 is 2.18 bits per heavy atom. The van der Waals surface area contributed by atoms with Gasteiger partial charge in [-0.15, -0.1) is 13.2 Å². The maximum atomic E-state index is 5.79. The Bertz CT molecular complexity index is 891. The van der Waals surface area contributed by atoms with Crippen LogP contribution in [0.2, 0.25) is 0 Å². The van der Waals surface area contributed by atoms with Crippen molar-refractivity contribution in [1.82, 2.24) is 0 Å². The molecule has 3 aromatic rings. The monoisotopic (exact) mass is 368 g/mol. The number of benzene rings is 3. The van der Waals surface area contributed by atoms with Crippen molar-refractivity contribution in [2.45, 2.75) is 25.9 Å². The third-order valence-corrected chi connectivity index (χ3v) is 4.80. The van der Waals surface area contributed by atoms with Crippen LogP contribution in [0.4, 0.5) is 0 Å². The van der Waals surface area contributed by atoms with Crippen LogP contribution in [0.5, 0.6) is 0 Å². The summed E-state index contributed by atoms with van der Waals surface area (Å²) in [5, 5.41) is 0. The number of hydrogen-bond donors (Lipinski definition) is 0. The van der Waals surface area contributed by atoms with Crippen LogP contribution >= 0.6 is 0 Å². The summed E-state index contributed by atoms with van der Waals surface area (Å²) in [5.41, 5.74) is 7.46. The molecule has 0 aromatic heterocycles. The number of hydrogen-bond acceptors (Lipinski definition) is 1. The van der Waals surface area contributed by atoms with Gasteiger partial charge in [-0.2, -0.15) is 0 Å². The Labute approximate surface area is 169 Å². The second-order valence-electron chi connectivity index (χ2n) is 6.91. The molecule has 0 N–H and O–H groups in total. The van der Waals surface area contributed by atoms with E-state index in [0.717, 1.165) is 25.9 Å². The molecule has 1 nitrogen and oxygen atoms in total. The summed E-state index contributed by atoms with van der Waals surface area (Å²) in [6.45, 7) is 9.09. The maximum absolute atomic E-state index is 5.79. The molecule has 0 atom stereocenters. The van der Waals surface area contributed by atoms with Crippen LogP contribution in [-0.2, 0) is 17.8 Å². The van der Waals surface area contributed by atoms with E-state index in [0.29, 0.717) is 6.61 Å². The lowest BCUT2D eigenvalue weighted by Gasteiger charge is -2.12. The summed E-state index contributed by atoms with van der Waals surface area (Å²) in [4.78, 5) is 0. The molecule has 0 saturated heterocycles. The van der Waals surface area contributed by atoms with Gasteiger partial charge in [0.2, 0.25) is 0 Å². The maximum Gasteiger partial charge on any atom is 0.0716 e. The molecule has 0 amide bonds. The number of rotatable bonds is 10. The van der Waals surface area contributed by atoms with E-state index in [1.165, 1.54) is 33.4 Å². The normalized spacial score (nSPS) is 10.6. The molecule has 0 fully saturated rings. The standard InChI is InChI=1S/C27H28O/c1-3-5-9-19-28-21-22-13-18-27(26(20-22)10-4-2)25-16-14-24(15-17-25)23-11-7-6-8-12-23/h3-4,6-8,11-18,20H,1-2,5,9-10,19,21H2. The predicted molar refractivity (Wildman–Crippen MR) is 120 cm³/mol. The van der Waals surface area contributed by atoms with Gasteiger partial charge >= 0.3 is 0 Å². The molecule has 28 heavy (non-hydrogen) atoms. The van der Waals surface area contributed by atoms with Crippen molar-refractivity contribution in [3.63, 3.8) is 0 Å². The van der Waals surface area contributed by atoms with E-state index in [1.54, 1.807) is 0 Å². The fourth-order valence-electron chi connectivity index (χ4n) is 3.34. The lowest BCUT2D eigenvalue weighted by Crippen LogP contribution is -1.97. The molecule has 0 spiro atoms. The van der Waals surface area contributed by atoms with Gasteiger partial charge in [-0.1, -0.05) is 84.9 Å². The van der Waals surface area contributed by atoms with Gasteiger partial charge in [-0.3, -0.25) is 0 Å². The van der Waals surface area contributed by atoms with E-state index < -0.39 is 0 Å². The first kappa shape index (κ1) is 19.9. The van der Waals surface area contributed by atoms with Crippen LogP contribution in [0.1, 0.15) is 24.0 Å². The molecule has 0 radical (unpaired) electrons. The van der Waals surface area contributed by atoms with E-state index in [1.807, 2.05) is 18.2 Å². The van der Waals surface area contributed by atoms with Crippen LogP contribution in [0, 0.1) is 0 Å². The second-order valence-corrected chi connectivity index (χ2v) is 6.91. The molecule has 1 heteroatoms. The Hall–Kier alpha value is -2.90. The molecule has 0 aliphatic heterocycles. The first-order valence-electron chi connectivity index (χ1n) is 9.89. The van der Waals surface area contributed by atoms with Crippen LogP contribution in [0.3, 0.4) is 0 Å². The molecule has 0 aliphatic carbocycles. The Morgan fingerprint density at radius 2 is 1.46 bits per heavy atom. The zero-order chi connectivity index (χ0) is 19.6. The largest absolute Gasteiger partial charge is 0.377 e. The van der Waals surface area contributed by atoms with Gasteiger partial charge in [-0.05, 0) is 52.6 Å². The van der Waals surface area contributed by atoms with E-state index >= 15 is 0 Å². The van der Waals surface area contributed by atoms with Crippen LogP contribution in [-0.4, -0.2) is 6.61 Å². The first-order chi connectivity index (χ1) is 13.8. The van der Waals surface area contributed by atoms with Crippen molar-refractivity contribution < 1.29 is 4.74 Å². The SMILES string of the molecule is C=CCCCOCc1ccc(-c2ccc(-c3ccccc3)cc2)c(CC=C)c1. The van der Waals surface area contributed by atoms with E-state index in [-0.39, 0.29) is 0 Å². The summed E-state index contributed by atoms with van der Waals surface area (Å²) in [6.07, 6.45) is 6.77. The van der Waals surface area contributed by atoms with Crippen LogP contribution in [0.25, 0.3) is 22.3 Å². The quantitative estimate of drug-likeness (QED) is 0.271. The van der Waals surface area contributed by atoms with E-state index in [2.05, 4.69) is 79.9 Å². The molecule has 0 unspecified atom stereocenters. The van der Waals surface area contributed by atoms with Gasteiger partial charge in [0.25, 0.3) is 0 Å². The van der Waals surface area contributed by atoms with Crippen molar-refractivity contribution in [2.75, 3.05) is 6.61 Å². The van der Waals surface area contributed by atoms with Crippen LogP contribution in [0.15, 0.2) is 98.1 Å². The highest BCUT2D eigenvalue weighted by Gasteiger charge is 2.07. The minimum absolute atomic E-state index is 0.647. The molecular formula is C27H28O. The summed E-state index contributed by atoms with van der Waals surface area (Å²) >= 11 is 0. The third kappa shape index (κ3) is 5.31. The topological polar surface area (TPSA) is 9.23 Å². The van der Waals surface area contributed by atoms with Gasteiger partial charge in [0, 0.05) is 6.61 Å². The summed E-state index contributed by atoms with van der Waals surface area (Å²) < 4.78 is 5.79. The van der Waals surface area contributed by atoms with E-state index in [4.69, 9.17) is 4.74 Å². The average Bonchev–Trinajstić information content (AvgIpc) is 2.75. The van der Waals surface area contributed by atoms with Crippen molar-refractivity contribution in [3.05, 3.63) is 109 Å². The molecule has 142 valence electrons. The van der Waals surface area contributed by atoms with Gasteiger partial charge < -0.3 is 4.74 Å². The first-order valence-corrected chi connectivity index (χ1v) is 9.89. The average molecular weight is 369 g/mol. The summed E-state index contributed by atoms with van der Waals surface area (Å²) in [5.74, 6) is 0. The van der Waals surface area contributed by atoms with Gasteiger partial charge in [0.15, 0.2) is 0 Å². The van der Waals surface area contributed by atoms with Gasteiger partial charge in [0.05, 0.1) is 6.61 Å². The number of unbranched alkanes of at least 4 members (excludes halogenated alkanes) is 1. The van der Waals surface area contributed by atoms with Crippen LogP contribution < -0.4 is 0 Å². The highest BCUT2D eigenvalue weighted by Crippen LogP contribution is 2.28.